The van der Waals surface area contributed by atoms with Crippen molar-refractivity contribution in [2.45, 2.75) is 26.3 Å². The predicted molar refractivity (Wildman–Crippen MR) is 132 cm³/mol. The molecule has 1 saturated heterocycles. The fraction of sp³-hybridized carbons (Fsp3) is 0.407. The summed E-state index contributed by atoms with van der Waals surface area (Å²) in [6, 6.07) is 9.37. The van der Waals surface area contributed by atoms with Crippen LogP contribution in [0, 0.1) is 0 Å². The average molecular weight is 498 g/mol. The van der Waals surface area contributed by atoms with Gasteiger partial charge in [-0.1, -0.05) is 13.0 Å². The van der Waals surface area contributed by atoms with Crippen LogP contribution in [0.15, 0.2) is 42.0 Å². The van der Waals surface area contributed by atoms with Crippen LogP contribution >= 0.6 is 0 Å². The molecule has 2 aromatic rings. The number of benzene rings is 2. The van der Waals surface area contributed by atoms with Crippen LogP contribution in [0.1, 0.15) is 37.4 Å². The van der Waals surface area contributed by atoms with Gasteiger partial charge in [0.1, 0.15) is 19.0 Å². The number of methoxy groups -OCH3 is 1. The van der Waals surface area contributed by atoms with Crippen LogP contribution < -0.4 is 18.9 Å². The summed E-state index contributed by atoms with van der Waals surface area (Å²) in [5.74, 6) is 0.321. The second-order valence-electron chi connectivity index (χ2n) is 8.33. The highest BCUT2D eigenvalue weighted by atomic mass is 16.6. The van der Waals surface area contributed by atoms with Crippen molar-refractivity contribution in [2.24, 2.45) is 0 Å². The number of rotatable bonds is 10. The van der Waals surface area contributed by atoms with E-state index in [1.807, 2.05) is 13.8 Å². The maximum absolute atomic E-state index is 13.2. The molecule has 192 valence electrons. The van der Waals surface area contributed by atoms with Gasteiger partial charge in [-0.15, -0.1) is 0 Å². The van der Waals surface area contributed by atoms with Gasteiger partial charge in [-0.2, -0.15) is 0 Å². The van der Waals surface area contributed by atoms with E-state index in [4.69, 9.17) is 23.7 Å². The molecule has 2 aromatic carbocycles. The Labute approximate surface area is 210 Å². The molecule has 9 heteroatoms. The van der Waals surface area contributed by atoms with Gasteiger partial charge in [0.25, 0.3) is 11.7 Å². The maximum Gasteiger partial charge on any atom is 0.295 e. The number of hydrogen-bond donors (Lipinski definition) is 1. The largest absolute Gasteiger partial charge is 0.507 e. The Morgan fingerprint density at radius 1 is 1.00 bits per heavy atom. The molecule has 0 bridgehead atoms. The zero-order valence-electron chi connectivity index (χ0n) is 20.7. The van der Waals surface area contributed by atoms with Gasteiger partial charge in [0.2, 0.25) is 0 Å². The van der Waals surface area contributed by atoms with Crippen molar-refractivity contribution in [1.29, 1.82) is 0 Å². The fourth-order valence-corrected chi connectivity index (χ4v) is 4.29. The molecule has 1 fully saturated rings. The van der Waals surface area contributed by atoms with Gasteiger partial charge in [-0.05, 0) is 49.2 Å². The number of ether oxygens (including phenoxy) is 5. The van der Waals surface area contributed by atoms with E-state index in [9.17, 15) is 14.7 Å². The first-order valence-electron chi connectivity index (χ1n) is 12.1. The summed E-state index contributed by atoms with van der Waals surface area (Å²) in [4.78, 5) is 27.7. The summed E-state index contributed by atoms with van der Waals surface area (Å²) < 4.78 is 28.0. The molecule has 0 spiro atoms. The Balaban J connectivity index is 1.82. The van der Waals surface area contributed by atoms with Crippen LogP contribution in [-0.4, -0.2) is 68.4 Å². The molecule has 9 nitrogen and oxygen atoms in total. The molecule has 0 radical (unpaired) electrons. The van der Waals surface area contributed by atoms with Gasteiger partial charge < -0.3 is 33.7 Å². The Hall–Kier alpha value is -3.72. The quantitative estimate of drug-likeness (QED) is 0.301. The fourth-order valence-electron chi connectivity index (χ4n) is 4.29. The van der Waals surface area contributed by atoms with E-state index in [0.29, 0.717) is 60.6 Å². The number of aliphatic hydroxyl groups is 1. The molecule has 0 saturated carbocycles. The van der Waals surface area contributed by atoms with Gasteiger partial charge in [-0.25, -0.2) is 0 Å². The molecule has 0 aliphatic carbocycles. The van der Waals surface area contributed by atoms with Crippen LogP contribution in [0.4, 0.5) is 0 Å². The smallest absolute Gasteiger partial charge is 0.295 e. The molecule has 36 heavy (non-hydrogen) atoms. The lowest BCUT2D eigenvalue weighted by molar-refractivity contribution is -0.140. The van der Waals surface area contributed by atoms with E-state index < -0.39 is 17.7 Å². The van der Waals surface area contributed by atoms with Crippen LogP contribution in [0.2, 0.25) is 0 Å². The molecular weight excluding hydrogens is 466 g/mol. The monoisotopic (exact) mass is 497 g/mol. The van der Waals surface area contributed by atoms with Gasteiger partial charge >= 0.3 is 0 Å². The Kier molecular flexibility index (Phi) is 8.00. The number of ketones is 1. The SMILES string of the molecule is CCCOc1ccc(C2/C(=C(\O)c3ccc4c(c3)OCCO4)C(=O)C(=O)N2CCOC)cc1OCC. The normalized spacial score (nSPS) is 18.4. The van der Waals surface area contributed by atoms with Crippen LogP contribution in [0.3, 0.4) is 0 Å². The summed E-state index contributed by atoms with van der Waals surface area (Å²) in [6.45, 7) is 6.02. The van der Waals surface area contributed by atoms with E-state index in [2.05, 4.69) is 0 Å². The molecule has 1 amide bonds. The van der Waals surface area contributed by atoms with E-state index in [-0.39, 0.29) is 24.5 Å². The summed E-state index contributed by atoms with van der Waals surface area (Å²) in [5.41, 5.74) is 0.941. The minimum absolute atomic E-state index is 0.0162. The molecular formula is C27H31NO8. The first-order valence-corrected chi connectivity index (χ1v) is 12.1. The van der Waals surface area contributed by atoms with Crippen LogP contribution in [0.5, 0.6) is 23.0 Å². The Bertz CT molecular complexity index is 1160. The average Bonchev–Trinajstić information content (AvgIpc) is 3.15. The van der Waals surface area contributed by atoms with E-state index >= 15 is 0 Å². The van der Waals surface area contributed by atoms with Gasteiger partial charge in [0, 0.05) is 19.2 Å². The highest BCUT2D eigenvalue weighted by Crippen LogP contribution is 2.43. The summed E-state index contributed by atoms with van der Waals surface area (Å²) in [5, 5.41) is 11.3. The van der Waals surface area contributed by atoms with Crippen molar-refractivity contribution in [3.8, 4) is 23.0 Å². The number of amides is 1. The number of likely N-dealkylation sites (tertiary alicyclic amines) is 1. The number of hydrogen-bond acceptors (Lipinski definition) is 8. The number of carbonyl (C=O) groups is 2. The molecule has 2 aliphatic heterocycles. The minimum atomic E-state index is -0.840. The number of fused-ring (bicyclic) bond motifs is 1. The lowest BCUT2D eigenvalue weighted by Crippen LogP contribution is -2.32. The summed E-state index contributed by atoms with van der Waals surface area (Å²) in [7, 11) is 1.52. The lowest BCUT2D eigenvalue weighted by Gasteiger charge is -2.26. The molecule has 1 unspecified atom stereocenters. The topological polar surface area (TPSA) is 104 Å². The molecule has 1 N–H and O–H groups in total. The summed E-state index contributed by atoms with van der Waals surface area (Å²) >= 11 is 0. The number of aliphatic hydroxyl groups excluding tert-OH is 1. The van der Waals surface area contributed by atoms with Crippen LogP contribution in [0.25, 0.3) is 5.76 Å². The number of nitrogens with zero attached hydrogens (tertiary/aromatic N) is 1. The molecule has 2 heterocycles. The van der Waals surface area contributed by atoms with Crippen molar-refractivity contribution in [3.05, 3.63) is 53.1 Å². The van der Waals surface area contributed by atoms with Gasteiger partial charge in [0.05, 0.1) is 31.4 Å². The van der Waals surface area contributed by atoms with Crippen molar-refractivity contribution in [3.63, 3.8) is 0 Å². The van der Waals surface area contributed by atoms with E-state index in [0.717, 1.165) is 6.42 Å². The third-order valence-electron chi connectivity index (χ3n) is 5.94. The van der Waals surface area contributed by atoms with Gasteiger partial charge in [-0.3, -0.25) is 9.59 Å². The van der Waals surface area contributed by atoms with Crippen LogP contribution in [-0.2, 0) is 14.3 Å². The Morgan fingerprint density at radius 3 is 2.50 bits per heavy atom. The molecule has 1 atom stereocenters. The number of carbonyl (C=O) groups excluding carboxylic acids is 2. The second kappa shape index (κ2) is 11.3. The second-order valence-corrected chi connectivity index (χ2v) is 8.33. The standard InChI is InChI=1S/C27H31NO8/c1-4-11-34-19-8-6-17(15-21(19)33-5-2)24-23(26(30)27(31)28(24)10-12-32-3)25(29)18-7-9-20-22(16-18)36-14-13-35-20/h6-9,15-16,24,29H,4-5,10-14H2,1-3H3/b25-23+. The first kappa shape index (κ1) is 25.4. The van der Waals surface area contributed by atoms with Crippen molar-refractivity contribution >= 4 is 17.4 Å². The third kappa shape index (κ3) is 4.97. The zero-order chi connectivity index (χ0) is 25.7. The minimum Gasteiger partial charge on any atom is -0.507 e. The van der Waals surface area contributed by atoms with E-state index in [1.165, 1.54) is 12.0 Å². The van der Waals surface area contributed by atoms with E-state index in [1.54, 1.807) is 36.4 Å². The third-order valence-corrected chi connectivity index (χ3v) is 5.94. The Morgan fingerprint density at radius 2 is 1.78 bits per heavy atom. The highest BCUT2D eigenvalue weighted by Gasteiger charge is 2.46. The van der Waals surface area contributed by atoms with Crippen molar-refractivity contribution < 1.29 is 38.4 Å². The number of Topliss-reactive ketones (excluding diaryl/α,β-unsaturated/α-hetero) is 1. The molecule has 0 aromatic heterocycles. The predicted octanol–water partition coefficient (Wildman–Crippen LogP) is 3.71. The molecule has 2 aliphatic rings. The molecule has 4 rings (SSSR count). The highest BCUT2D eigenvalue weighted by molar-refractivity contribution is 6.46. The van der Waals surface area contributed by atoms with Crippen molar-refractivity contribution in [2.75, 3.05) is 46.7 Å². The van der Waals surface area contributed by atoms with Gasteiger partial charge in [0.15, 0.2) is 23.0 Å². The summed E-state index contributed by atoms with van der Waals surface area (Å²) in [6.07, 6.45) is 0.833. The maximum atomic E-state index is 13.2. The lowest BCUT2D eigenvalue weighted by atomic mass is 9.94. The zero-order valence-corrected chi connectivity index (χ0v) is 20.7. The van der Waals surface area contributed by atoms with Crippen molar-refractivity contribution in [1.82, 2.24) is 4.90 Å². The first-order chi connectivity index (χ1) is 17.5.